The van der Waals surface area contributed by atoms with Crippen molar-refractivity contribution in [2.24, 2.45) is 7.05 Å². The van der Waals surface area contributed by atoms with Crippen LogP contribution in [0.1, 0.15) is 44.9 Å². The highest BCUT2D eigenvalue weighted by Crippen LogP contribution is 2.60. The third-order valence-electron chi connectivity index (χ3n) is 4.94. The molecule has 3 aromatic rings. The average Bonchev–Trinajstić information content (AvgIpc) is 3.05. The molecule has 2 aromatic carbocycles. The van der Waals surface area contributed by atoms with Crippen LogP contribution in [-0.4, -0.2) is 24.6 Å². The monoisotopic (exact) mass is 561 g/mol. The van der Waals surface area contributed by atoms with Gasteiger partial charge in [-0.25, -0.2) is 0 Å². The first-order valence-electron chi connectivity index (χ1n) is 9.57. The maximum absolute atomic E-state index is 14.0. The van der Waals surface area contributed by atoms with Gasteiger partial charge in [-0.2, -0.15) is 8.78 Å². The highest BCUT2D eigenvalue weighted by atomic mass is 79.9. The fourth-order valence-electron chi connectivity index (χ4n) is 3.01. The van der Waals surface area contributed by atoms with Crippen LogP contribution < -0.4 is 0 Å². The van der Waals surface area contributed by atoms with Gasteiger partial charge in [0.2, 0.25) is 0 Å². The summed E-state index contributed by atoms with van der Waals surface area (Å²) in [4.78, 5) is 17.9. The molecule has 3 rings (SSSR count). The molecule has 1 heterocycles. The Balaban J connectivity index is 0.00000385. The molecule has 11 heteroatoms. The number of benzene rings is 2. The van der Waals surface area contributed by atoms with E-state index >= 15 is 0 Å². The summed E-state index contributed by atoms with van der Waals surface area (Å²) in [6.45, 7) is 6.45. The Labute approximate surface area is 205 Å². The quantitative estimate of drug-likeness (QED) is 0.257. The summed E-state index contributed by atoms with van der Waals surface area (Å²) in [6, 6.07) is 12.0. The van der Waals surface area contributed by atoms with E-state index in [9.17, 15) is 13.3 Å². The SMILES string of the molecule is C.Cn1c(SCc2ccc(C(F)(F)P(=O)(O)O)c(Br)c2)nnc1-c1ccc(C(C)(C)C)cc1. The molecule has 0 aliphatic carbocycles. The van der Waals surface area contributed by atoms with Crippen molar-refractivity contribution in [3.8, 4) is 11.4 Å². The first-order chi connectivity index (χ1) is 14.7. The lowest BCUT2D eigenvalue weighted by Crippen LogP contribution is -2.14. The molecule has 0 atom stereocenters. The number of halogens is 3. The molecule has 6 nitrogen and oxygen atoms in total. The Morgan fingerprint density at radius 1 is 1.09 bits per heavy atom. The van der Waals surface area contributed by atoms with E-state index in [0.717, 1.165) is 11.6 Å². The van der Waals surface area contributed by atoms with E-state index in [4.69, 9.17) is 9.79 Å². The Hall–Kier alpha value is -1.58. The van der Waals surface area contributed by atoms with Crippen LogP contribution in [0, 0.1) is 0 Å². The second-order valence-corrected chi connectivity index (χ2v) is 11.8. The van der Waals surface area contributed by atoms with Crippen LogP contribution in [0.25, 0.3) is 11.4 Å². The van der Waals surface area contributed by atoms with Crippen molar-refractivity contribution >= 4 is 35.3 Å². The molecule has 0 aliphatic heterocycles. The van der Waals surface area contributed by atoms with Gasteiger partial charge in [-0.15, -0.1) is 10.2 Å². The second kappa shape index (κ2) is 9.96. The molecule has 0 unspecified atom stereocenters. The molecule has 180 valence electrons. The number of hydrogen-bond donors (Lipinski definition) is 2. The average molecular weight is 562 g/mol. The van der Waals surface area contributed by atoms with Crippen LogP contribution >= 0.6 is 35.3 Å². The van der Waals surface area contributed by atoms with E-state index < -0.39 is 18.8 Å². The van der Waals surface area contributed by atoms with E-state index in [-0.39, 0.29) is 17.3 Å². The maximum Gasteiger partial charge on any atom is 0.399 e. The van der Waals surface area contributed by atoms with Crippen molar-refractivity contribution in [1.82, 2.24) is 14.8 Å². The van der Waals surface area contributed by atoms with Crippen molar-refractivity contribution in [1.29, 1.82) is 0 Å². The summed E-state index contributed by atoms with van der Waals surface area (Å²) in [5.41, 5.74) is -2.12. The van der Waals surface area contributed by atoms with Crippen molar-refractivity contribution in [2.75, 3.05) is 0 Å². The molecule has 0 saturated heterocycles. The van der Waals surface area contributed by atoms with Gasteiger partial charge in [0.15, 0.2) is 11.0 Å². The molecule has 0 bridgehead atoms. The van der Waals surface area contributed by atoms with Gasteiger partial charge in [-0.3, -0.25) is 4.57 Å². The summed E-state index contributed by atoms with van der Waals surface area (Å²) in [6.07, 6.45) is 0. The number of aromatic nitrogens is 3. The zero-order chi connectivity index (χ0) is 23.9. The van der Waals surface area contributed by atoms with Crippen LogP contribution in [0.5, 0.6) is 0 Å². The van der Waals surface area contributed by atoms with Crippen molar-refractivity contribution < 1.29 is 23.1 Å². The molecule has 0 saturated carbocycles. The van der Waals surface area contributed by atoms with Crippen LogP contribution in [0.15, 0.2) is 52.1 Å². The summed E-state index contributed by atoms with van der Waals surface area (Å²) in [5, 5.41) is 9.16. The standard InChI is InChI=1S/C21H23BrF2N3O3PS.CH4/c1-20(2,3)15-8-6-14(7-9-15)18-25-26-19(27(18)4)32-12-13-5-10-16(17(22)11-13)21(23,24)31(28,29)30;/h5-11H,12H2,1-4H3,(H2,28,29,30);1H4. The topological polar surface area (TPSA) is 88.2 Å². The molecule has 0 radical (unpaired) electrons. The van der Waals surface area contributed by atoms with Gasteiger partial charge in [0.05, 0.1) is 0 Å². The molecule has 0 amide bonds. The number of nitrogens with zero attached hydrogens (tertiary/aromatic N) is 3. The Morgan fingerprint density at radius 3 is 2.21 bits per heavy atom. The minimum Gasteiger partial charge on any atom is -0.320 e. The first-order valence-corrected chi connectivity index (χ1v) is 13.0. The number of hydrogen-bond acceptors (Lipinski definition) is 4. The van der Waals surface area contributed by atoms with Crippen LogP contribution in [0.2, 0.25) is 0 Å². The lowest BCUT2D eigenvalue weighted by molar-refractivity contribution is 0.0557. The number of alkyl halides is 2. The molecular formula is C22H27BrF2N3O3PS. The van der Waals surface area contributed by atoms with Gasteiger partial charge in [0.25, 0.3) is 0 Å². The predicted octanol–water partition coefficient (Wildman–Crippen LogP) is 6.70. The smallest absolute Gasteiger partial charge is 0.320 e. The maximum atomic E-state index is 14.0. The second-order valence-electron chi connectivity index (χ2n) is 8.38. The van der Waals surface area contributed by atoms with E-state index in [0.29, 0.717) is 22.3 Å². The van der Waals surface area contributed by atoms with Gasteiger partial charge in [-0.1, -0.05) is 92.3 Å². The fourth-order valence-corrected chi connectivity index (χ4v) is 5.20. The largest absolute Gasteiger partial charge is 0.399 e. The first kappa shape index (κ1) is 27.7. The van der Waals surface area contributed by atoms with Crippen LogP contribution in [0.4, 0.5) is 8.78 Å². The molecular weight excluding hydrogens is 535 g/mol. The summed E-state index contributed by atoms with van der Waals surface area (Å²) in [7, 11) is -3.78. The van der Waals surface area contributed by atoms with Crippen molar-refractivity contribution in [3.63, 3.8) is 0 Å². The van der Waals surface area contributed by atoms with Gasteiger partial charge in [0, 0.05) is 28.4 Å². The van der Waals surface area contributed by atoms with E-state index in [1.807, 2.05) is 23.7 Å². The predicted molar refractivity (Wildman–Crippen MR) is 132 cm³/mol. The third kappa shape index (κ3) is 5.92. The molecule has 0 spiro atoms. The number of rotatable bonds is 6. The van der Waals surface area contributed by atoms with E-state index in [2.05, 4.69) is 59.0 Å². The minimum atomic E-state index is -5.63. The summed E-state index contributed by atoms with van der Waals surface area (Å²) >= 11 is 4.38. The number of thioether (sulfide) groups is 1. The minimum absolute atomic E-state index is 0. The van der Waals surface area contributed by atoms with Crippen LogP contribution in [-0.2, 0) is 28.4 Å². The lowest BCUT2D eigenvalue weighted by Gasteiger charge is -2.19. The molecule has 0 fully saturated rings. The van der Waals surface area contributed by atoms with Crippen molar-refractivity contribution in [3.05, 3.63) is 63.6 Å². The van der Waals surface area contributed by atoms with Gasteiger partial charge < -0.3 is 14.4 Å². The Morgan fingerprint density at radius 2 is 1.70 bits per heavy atom. The zero-order valence-corrected chi connectivity index (χ0v) is 21.2. The van der Waals surface area contributed by atoms with E-state index in [1.165, 1.54) is 29.5 Å². The molecule has 2 N–H and O–H groups in total. The van der Waals surface area contributed by atoms with Gasteiger partial charge in [-0.05, 0) is 22.6 Å². The van der Waals surface area contributed by atoms with Crippen LogP contribution in [0.3, 0.4) is 0 Å². The lowest BCUT2D eigenvalue weighted by atomic mass is 9.87. The van der Waals surface area contributed by atoms with Crippen molar-refractivity contribution in [2.45, 2.75) is 50.2 Å². The van der Waals surface area contributed by atoms with E-state index in [1.54, 1.807) is 0 Å². The molecule has 33 heavy (non-hydrogen) atoms. The summed E-state index contributed by atoms with van der Waals surface area (Å²) in [5.74, 6) is 1.13. The highest BCUT2D eigenvalue weighted by Gasteiger charge is 2.51. The molecule has 0 aliphatic rings. The molecule has 1 aromatic heterocycles. The highest BCUT2D eigenvalue weighted by molar-refractivity contribution is 9.10. The summed E-state index contributed by atoms with van der Waals surface area (Å²) < 4.78 is 40.9. The normalized spacial score (nSPS) is 12.5. The third-order valence-corrected chi connectivity index (χ3v) is 7.66. The zero-order valence-electron chi connectivity index (χ0n) is 17.9. The van der Waals surface area contributed by atoms with Gasteiger partial charge >= 0.3 is 13.3 Å². The Kier molecular flexibility index (Phi) is 8.35. The fraction of sp³-hybridized carbons (Fsp3) is 0.364. The Bertz CT molecular complexity index is 1170. The van der Waals surface area contributed by atoms with Gasteiger partial charge in [0.1, 0.15) is 0 Å².